The number of ether oxygens (including phenoxy) is 1. The molecule has 1 heterocycles. The number of para-hydroxylation sites is 1. The summed E-state index contributed by atoms with van der Waals surface area (Å²) in [6.07, 6.45) is 2.99. The van der Waals surface area contributed by atoms with Gasteiger partial charge >= 0.3 is 0 Å². The topological polar surface area (TPSA) is 55.2 Å². The van der Waals surface area contributed by atoms with E-state index in [-0.39, 0.29) is 6.61 Å². The Kier molecular flexibility index (Phi) is 3.48. The second-order valence-electron chi connectivity index (χ2n) is 3.04. The first-order valence-corrected chi connectivity index (χ1v) is 5.43. The summed E-state index contributed by atoms with van der Waals surface area (Å²) < 4.78 is 6.36. The maximum Gasteiger partial charge on any atom is 0.238 e. The number of hydrogen-bond acceptors (Lipinski definition) is 4. The number of rotatable bonds is 3. The summed E-state index contributed by atoms with van der Waals surface area (Å²) in [5, 5.41) is 8.92. The van der Waals surface area contributed by atoms with Gasteiger partial charge in [0.1, 0.15) is 5.75 Å². The van der Waals surface area contributed by atoms with Crippen LogP contribution in [0, 0.1) is 0 Å². The standard InChI is InChI=1S/C11H9BrN2O2/c12-9-3-1-2-4-10(9)16-11-6-13-5-8(7-15)14-11/h1-6,15H,7H2. The first kappa shape index (κ1) is 11.0. The summed E-state index contributed by atoms with van der Waals surface area (Å²) in [7, 11) is 0. The van der Waals surface area contributed by atoms with Gasteiger partial charge in [-0.3, -0.25) is 4.98 Å². The number of aliphatic hydroxyl groups is 1. The highest BCUT2D eigenvalue weighted by Gasteiger charge is 2.03. The second-order valence-corrected chi connectivity index (χ2v) is 3.89. The zero-order valence-corrected chi connectivity index (χ0v) is 9.89. The zero-order chi connectivity index (χ0) is 11.4. The molecule has 0 aliphatic heterocycles. The number of benzene rings is 1. The number of nitrogens with zero attached hydrogens (tertiary/aromatic N) is 2. The van der Waals surface area contributed by atoms with Crippen molar-refractivity contribution < 1.29 is 9.84 Å². The van der Waals surface area contributed by atoms with Crippen molar-refractivity contribution in [1.29, 1.82) is 0 Å². The van der Waals surface area contributed by atoms with Gasteiger partial charge < -0.3 is 9.84 Å². The molecule has 0 amide bonds. The van der Waals surface area contributed by atoms with Crippen molar-refractivity contribution in [3.05, 3.63) is 46.8 Å². The summed E-state index contributed by atoms with van der Waals surface area (Å²) in [5.41, 5.74) is 0.476. The van der Waals surface area contributed by atoms with Gasteiger partial charge in [-0.1, -0.05) is 12.1 Å². The molecule has 0 bridgehead atoms. The molecule has 0 atom stereocenters. The quantitative estimate of drug-likeness (QED) is 0.939. The molecule has 0 fully saturated rings. The second kappa shape index (κ2) is 5.05. The molecule has 0 saturated carbocycles. The summed E-state index contributed by atoms with van der Waals surface area (Å²) in [4.78, 5) is 7.99. The van der Waals surface area contributed by atoms with Gasteiger partial charge in [0, 0.05) is 0 Å². The number of aromatic nitrogens is 2. The van der Waals surface area contributed by atoms with E-state index in [0.29, 0.717) is 17.3 Å². The Balaban J connectivity index is 2.24. The molecule has 82 valence electrons. The van der Waals surface area contributed by atoms with E-state index in [1.54, 1.807) is 0 Å². The summed E-state index contributed by atoms with van der Waals surface area (Å²) in [6.45, 7) is -0.153. The minimum atomic E-state index is -0.153. The van der Waals surface area contributed by atoms with E-state index in [2.05, 4.69) is 25.9 Å². The van der Waals surface area contributed by atoms with Crippen molar-refractivity contribution in [3.8, 4) is 11.6 Å². The van der Waals surface area contributed by atoms with E-state index >= 15 is 0 Å². The molecule has 0 saturated heterocycles. The molecule has 0 unspecified atom stereocenters. The highest BCUT2D eigenvalue weighted by atomic mass is 79.9. The molecule has 1 N–H and O–H groups in total. The zero-order valence-electron chi connectivity index (χ0n) is 8.30. The van der Waals surface area contributed by atoms with Crippen molar-refractivity contribution >= 4 is 15.9 Å². The molecule has 2 aromatic rings. The van der Waals surface area contributed by atoms with Gasteiger partial charge in [0.25, 0.3) is 0 Å². The van der Waals surface area contributed by atoms with Crippen LogP contribution in [0.15, 0.2) is 41.1 Å². The average molecular weight is 281 g/mol. The van der Waals surface area contributed by atoms with Gasteiger partial charge in [0.15, 0.2) is 0 Å². The predicted octanol–water partition coefficient (Wildman–Crippen LogP) is 2.52. The molecule has 1 aromatic carbocycles. The number of aliphatic hydroxyl groups excluding tert-OH is 1. The fraction of sp³-hybridized carbons (Fsp3) is 0.0909. The predicted molar refractivity (Wildman–Crippen MR) is 62.2 cm³/mol. The maximum absolute atomic E-state index is 8.92. The maximum atomic E-state index is 8.92. The Hall–Kier alpha value is -1.46. The van der Waals surface area contributed by atoms with E-state index in [9.17, 15) is 0 Å². The van der Waals surface area contributed by atoms with Crippen LogP contribution in [0.4, 0.5) is 0 Å². The minimum Gasteiger partial charge on any atom is -0.436 e. The highest BCUT2D eigenvalue weighted by molar-refractivity contribution is 9.10. The molecular formula is C11H9BrN2O2. The smallest absolute Gasteiger partial charge is 0.238 e. The fourth-order valence-corrected chi connectivity index (χ4v) is 1.52. The third-order valence-electron chi connectivity index (χ3n) is 1.88. The van der Waals surface area contributed by atoms with E-state index in [4.69, 9.17) is 9.84 Å². The van der Waals surface area contributed by atoms with Gasteiger partial charge in [-0.25, -0.2) is 4.98 Å². The first-order chi connectivity index (χ1) is 7.79. The Morgan fingerprint density at radius 2 is 2.06 bits per heavy atom. The Morgan fingerprint density at radius 3 is 2.81 bits per heavy atom. The van der Waals surface area contributed by atoms with E-state index in [0.717, 1.165) is 4.47 Å². The molecule has 5 heteroatoms. The lowest BCUT2D eigenvalue weighted by Crippen LogP contribution is -1.95. The van der Waals surface area contributed by atoms with Gasteiger partial charge in [-0.05, 0) is 28.1 Å². The summed E-state index contributed by atoms with van der Waals surface area (Å²) in [6, 6.07) is 7.45. The molecule has 0 spiro atoms. The van der Waals surface area contributed by atoms with Crippen LogP contribution in [0.25, 0.3) is 0 Å². The van der Waals surface area contributed by atoms with Crippen LogP contribution in [0.5, 0.6) is 11.6 Å². The molecule has 0 aliphatic carbocycles. The Morgan fingerprint density at radius 1 is 1.25 bits per heavy atom. The van der Waals surface area contributed by atoms with Gasteiger partial charge in [0.2, 0.25) is 5.88 Å². The first-order valence-electron chi connectivity index (χ1n) is 4.64. The molecule has 0 aliphatic rings. The van der Waals surface area contributed by atoms with Crippen LogP contribution >= 0.6 is 15.9 Å². The SMILES string of the molecule is OCc1cncc(Oc2ccccc2Br)n1. The van der Waals surface area contributed by atoms with Gasteiger partial charge in [0.05, 0.1) is 29.2 Å². The van der Waals surface area contributed by atoms with Crippen molar-refractivity contribution in [2.45, 2.75) is 6.61 Å². The molecule has 2 rings (SSSR count). The van der Waals surface area contributed by atoms with Crippen LogP contribution in [-0.2, 0) is 6.61 Å². The van der Waals surface area contributed by atoms with Crippen molar-refractivity contribution in [1.82, 2.24) is 9.97 Å². The lowest BCUT2D eigenvalue weighted by molar-refractivity contribution is 0.274. The summed E-state index contributed by atoms with van der Waals surface area (Å²) >= 11 is 3.37. The number of hydrogen-bond donors (Lipinski definition) is 1. The van der Waals surface area contributed by atoms with E-state index in [1.165, 1.54) is 12.4 Å². The van der Waals surface area contributed by atoms with Crippen molar-refractivity contribution in [3.63, 3.8) is 0 Å². The molecule has 4 nitrogen and oxygen atoms in total. The average Bonchev–Trinajstić information content (AvgIpc) is 2.32. The highest BCUT2D eigenvalue weighted by Crippen LogP contribution is 2.27. The van der Waals surface area contributed by atoms with Gasteiger partial charge in [-0.2, -0.15) is 0 Å². The van der Waals surface area contributed by atoms with E-state index in [1.807, 2.05) is 24.3 Å². The lowest BCUT2D eigenvalue weighted by atomic mass is 10.3. The summed E-state index contributed by atoms with van der Waals surface area (Å²) in [5.74, 6) is 1.02. The van der Waals surface area contributed by atoms with Crippen molar-refractivity contribution in [2.75, 3.05) is 0 Å². The number of halogens is 1. The Labute approximate surface area is 101 Å². The monoisotopic (exact) mass is 280 g/mol. The normalized spacial score (nSPS) is 10.1. The fourth-order valence-electron chi connectivity index (χ4n) is 1.15. The minimum absolute atomic E-state index is 0.153. The largest absolute Gasteiger partial charge is 0.436 e. The van der Waals surface area contributed by atoms with E-state index < -0.39 is 0 Å². The van der Waals surface area contributed by atoms with Crippen LogP contribution in [0.3, 0.4) is 0 Å². The van der Waals surface area contributed by atoms with Gasteiger partial charge in [-0.15, -0.1) is 0 Å². The lowest BCUT2D eigenvalue weighted by Gasteiger charge is -2.06. The van der Waals surface area contributed by atoms with Crippen molar-refractivity contribution in [2.24, 2.45) is 0 Å². The third-order valence-corrected chi connectivity index (χ3v) is 2.53. The Bertz CT molecular complexity index is 491. The molecule has 0 radical (unpaired) electrons. The third kappa shape index (κ3) is 2.56. The van der Waals surface area contributed by atoms with Crippen LogP contribution in [0.1, 0.15) is 5.69 Å². The van der Waals surface area contributed by atoms with Crippen LogP contribution < -0.4 is 4.74 Å². The van der Waals surface area contributed by atoms with Crippen LogP contribution in [0.2, 0.25) is 0 Å². The van der Waals surface area contributed by atoms with Crippen LogP contribution in [-0.4, -0.2) is 15.1 Å². The molecule has 16 heavy (non-hydrogen) atoms. The molecule has 1 aromatic heterocycles. The molecular weight excluding hydrogens is 272 g/mol.